The van der Waals surface area contributed by atoms with Crippen LogP contribution in [0.2, 0.25) is 5.28 Å². The number of halogens is 1. The summed E-state index contributed by atoms with van der Waals surface area (Å²) in [5, 5.41) is 11.0. The molecule has 1 fully saturated rings. The second kappa shape index (κ2) is 5.88. The Kier molecular flexibility index (Phi) is 4.08. The molecule has 2 aromatic heterocycles. The Morgan fingerprint density at radius 1 is 1.27 bits per heavy atom. The maximum absolute atomic E-state index is 5.95. The molecule has 0 saturated heterocycles. The highest BCUT2D eigenvalue weighted by Gasteiger charge is 2.22. The molecule has 0 spiro atoms. The third kappa shape index (κ3) is 3.24. The molecule has 2 aromatic rings. The first-order chi connectivity index (χ1) is 10.4. The summed E-state index contributed by atoms with van der Waals surface area (Å²) in [7, 11) is 0. The molecule has 0 aliphatic heterocycles. The highest BCUT2D eigenvalue weighted by molar-refractivity contribution is 6.28. The van der Waals surface area contributed by atoms with E-state index < -0.39 is 0 Å². The Morgan fingerprint density at radius 2 is 2.00 bits per heavy atom. The predicted octanol–water partition coefficient (Wildman–Crippen LogP) is 4.55. The molecule has 1 aliphatic carbocycles. The number of aromatic nitrogens is 4. The molecule has 0 aromatic carbocycles. The molecular weight excluding hydrogens is 298 g/mol. The van der Waals surface area contributed by atoms with Gasteiger partial charge in [0.25, 0.3) is 0 Å². The largest absolute Gasteiger partial charge is 0.323 e. The molecule has 0 bridgehead atoms. The van der Waals surface area contributed by atoms with E-state index in [1.54, 1.807) is 6.20 Å². The number of aromatic amines is 1. The van der Waals surface area contributed by atoms with Gasteiger partial charge in [-0.15, -0.1) is 0 Å². The molecule has 22 heavy (non-hydrogen) atoms. The van der Waals surface area contributed by atoms with Crippen LogP contribution in [0.1, 0.15) is 63.6 Å². The van der Waals surface area contributed by atoms with Crippen molar-refractivity contribution in [3.8, 4) is 0 Å². The Balaban J connectivity index is 1.85. The molecule has 3 rings (SSSR count). The second-order valence-corrected chi connectivity index (χ2v) is 7.30. The molecule has 0 radical (unpaired) electrons. The van der Waals surface area contributed by atoms with Crippen LogP contribution in [0.25, 0.3) is 0 Å². The number of H-pyrrole nitrogens is 1. The summed E-state index contributed by atoms with van der Waals surface area (Å²) in [6.45, 7) is 6.37. The van der Waals surface area contributed by atoms with E-state index in [4.69, 9.17) is 11.6 Å². The lowest BCUT2D eigenvalue weighted by Crippen LogP contribution is -2.15. The molecule has 2 heterocycles. The zero-order chi connectivity index (χ0) is 15.7. The fourth-order valence-corrected chi connectivity index (χ4v) is 3.11. The average molecular weight is 320 g/mol. The minimum atomic E-state index is -0.0719. The summed E-state index contributed by atoms with van der Waals surface area (Å²) >= 11 is 5.95. The van der Waals surface area contributed by atoms with Crippen molar-refractivity contribution in [1.29, 1.82) is 0 Å². The highest BCUT2D eigenvalue weighted by Crippen LogP contribution is 2.35. The summed E-state index contributed by atoms with van der Waals surface area (Å²) in [6, 6.07) is 2.08. The molecule has 0 amide bonds. The van der Waals surface area contributed by atoms with E-state index in [-0.39, 0.29) is 10.7 Å². The van der Waals surface area contributed by atoms with Crippen LogP contribution in [0.15, 0.2) is 12.3 Å². The summed E-state index contributed by atoms with van der Waals surface area (Å²) in [6.07, 6.45) is 6.88. The smallest absolute Gasteiger partial charge is 0.224 e. The van der Waals surface area contributed by atoms with E-state index in [0.29, 0.717) is 5.92 Å². The standard InChI is InChI=1S/C16H22ClN5/c1-16(2,3)11-9-18-15(17)20-14(11)19-13-8-12(21-22-13)10-6-4-5-7-10/h8-10H,4-7H2,1-3H3,(H2,18,19,20,21,22). The average Bonchev–Trinajstić information content (AvgIpc) is 3.07. The fraction of sp³-hybridized carbons (Fsp3) is 0.562. The lowest BCUT2D eigenvalue weighted by molar-refractivity contribution is 0.586. The third-order valence-corrected chi connectivity index (χ3v) is 4.39. The maximum Gasteiger partial charge on any atom is 0.224 e. The maximum atomic E-state index is 5.95. The number of rotatable bonds is 3. The molecule has 0 unspecified atom stereocenters. The molecule has 118 valence electrons. The molecular formula is C16H22ClN5. The zero-order valence-electron chi connectivity index (χ0n) is 13.3. The number of nitrogens with one attached hydrogen (secondary N) is 2. The van der Waals surface area contributed by atoms with Crippen molar-refractivity contribution in [1.82, 2.24) is 20.2 Å². The number of nitrogens with zero attached hydrogens (tertiary/aromatic N) is 3. The quantitative estimate of drug-likeness (QED) is 0.814. The molecule has 5 nitrogen and oxygen atoms in total. The predicted molar refractivity (Wildman–Crippen MR) is 88.8 cm³/mol. The van der Waals surface area contributed by atoms with Gasteiger partial charge in [0.1, 0.15) is 5.82 Å². The van der Waals surface area contributed by atoms with Crippen LogP contribution in [-0.4, -0.2) is 20.2 Å². The van der Waals surface area contributed by atoms with Crippen molar-refractivity contribution in [2.24, 2.45) is 0 Å². The van der Waals surface area contributed by atoms with Gasteiger partial charge in [0.05, 0.1) is 0 Å². The van der Waals surface area contributed by atoms with Crippen LogP contribution in [0, 0.1) is 0 Å². The van der Waals surface area contributed by atoms with Crippen LogP contribution in [-0.2, 0) is 5.41 Å². The number of anilines is 2. The van der Waals surface area contributed by atoms with Crippen molar-refractivity contribution in [2.75, 3.05) is 5.32 Å². The molecule has 0 atom stereocenters. The number of hydrogen-bond acceptors (Lipinski definition) is 4. The van der Waals surface area contributed by atoms with E-state index in [0.717, 1.165) is 17.2 Å². The van der Waals surface area contributed by atoms with Crippen molar-refractivity contribution in [3.63, 3.8) is 0 Å². The Hall–Kier alpha value is -1.62. The SMILES string of the molecule is CC(C)(C)c1cnc(Cl)nc1Nc1cc(C2CCCC2)[nH]n1. The zero-order valence-corrected chi connectivity index (χ0v) is 14.0. The lowest BCUT2D eigenvalue weighted by atomic mass is 9.88. The lowest BCUT2D eigenvalue weighted by Gasteiger charge is -2.21. The van der Waals surface area contributed by atoms with Gasteiger partial charge in [-0.3, -0.25) is 5.10 Å². The first-order valence-corrected chi connectivity index (χ1v) is 8.16. The summed E-state index contributed by atoms with van der Waals surface area (Å²) in [4.78, 5) is 8.43. The Morgan fingerprint density at radius 3 is 2.68 bits per heavy atom. The van der Waals surface area contributed by atoms with Gasteiger partial charge in [-0.25, -0.2) is 9.97 Å². The van der Waals surface area contributed by atoms with Crippen LogP contribution >= 0.6 is 11.6 Å². The van der Waals surface area contributed by atoms with Crippen molar-refractivity contribution in [2.45, 2.75) is 57.8 Å². The summed E-state index contributed by atoms with van der Waals surface area (Å²) < 4.78 is 0. The normalized spacial score (nSPS) is 16.2. The first kappa shape index (κ1) is 15.3. The van der Waals surface area contributed by atoms with Crippen molar-refractivity contribution >= 4 is 23.2 Å². The van der Waals surface area contributed by atoms with Gasteiger partial charge >= 0.3 is 0 Å². The van der Waals surface area contributed by atoms with Crippen molar-refractivity contribution < 1.29 is 0 Å². The van der Waals surface area contributed by atoms with E-state index in [2.05, 4.69) is 52.3 Å². The van der Waals surface area contributed by atoms with Crippen LogP contribution < -0.4 is 5.32 Å². The van der Waals surface area contributed by atoms with E-state index in [1.807, 2.05) is 0 Å². The van der Waals surface area contributed by atoms with E-state index in [9.17, 15) is 0 Å². The van der Waals surface area contributed by atoms with Gasteiger partial charge in [0.15, 0.2) is 5.82 Å². The highest BCUT2D eigenvalue weighted by atomic mass is 35.5. The van der Waals surface area contributed by atoms with Crippen LogP contribution in [0.3, 0.4) is 0 Å². The van der Waals surface area contributed by atoms with Gasteiger partial charge in [0, 0.05) is 29.4 Å². The minimum Gasteiger partial charge on any atom is -0.323 e. The van der Waals surface area contributed by atoms with Gasteiger partial charge in [-0.05, 0) is 29.9 Å². The van der Waals surface area contributed by atoms with Crippen molar-refractivity contribution in [3.05, 3.63) is 28.8 Å². The summed E-state index contributed by atoms with van der Waals surface area (Å²) in [5.74, 6) is 2.11. The topological polar surface area (TPSA) is 66.5 Å². The van der Waals surface area contributed by atoms with Gasteiger partial charge < -0.3 is 5.32 Å². The third-order valence-electron chi connectivity index (χ3n) is 4.21. The molecule has 1 aliphatic rings. The van der Waals surface area contributed by atoms with E-state index in [1.165, 1.54) is 31.4 Å². The summed E-state index contributed by atoms with van der Waals surface area (Å²) in [5.41, 5.74) is 2.15. The molecule has 1 saturated carbocycles. The van der Waals surface area contributed by atoms with Crippen LogP contribution in [0.5, 0.6) is 0 Å². The molecule has 6 heteroatoms. The molecule has 2 N–H and O–H groups in total. The minimum absolute atomic E-state index is 0.0719. The van der Waals surface area contributed by atoms with Crippen LogP contribution in [0.4, 0.5) is 11.6 Å². The Labute approximate surface area is 135 Å². The monoisotopic (exact) mass is 319 g/mol. The Bertz CT molecular complexity index is 653. The van der Waals surface area contributed by atoms with Gasteiger partial charge in [-0.1, -0.05) is 33.6 Å². The van der Waals surface area contributed by atoms with Gasteiger partial charge in [-0.2, -0.15) is 5.10 Å². The first-order valence-electron chi connectivity index (χ1n) is 7.79. The second-order valence-electron chi connectivity index (χ2n) is 6.97. The van der Waals surface area contributed by atoms with Gasteiger partial charge in [0.2, 0.25) is 5.28 Å². The fourth-order valence-electron chi connectivity index (χ4n) is 2.97. The van der Waals surface area contributed by atoms with E-state index >= 15 is 0 Å². The number of hydrogen-bond donors (Lipinski definition) is 2.